The number of benzene rings is 8. The van der Waals surface area contributed by atoms with Gasteiger partial charge in [-0.3, -0.25) is 19.6 Å². The first-order valence-corrected chi connectivity index (χ1v) is 33.0. The molecule has 0 saturated carbocycles. The Morgan fingerprint density at radius 3 is 0.784 bits per heavy atom. The maximum absolute atomic E-state index is 13.7. The summed E-state index contributed by atoms with van der Waals surface area (Å²) in [5.41, 5.74) is 4.00. The topological polar surface area (TPSA) is 125 Å². The Morgan fingerprint density at radius 1 is 0.307 bits per heavy atom. The molecule has 2 aliphatic rings. The van der Waals surface area contributed by atoms with Crippen LogP contribution in [0.4, 0.5) is 11.4 Å². The fourth-order valence-corrected chi connectivity index (χ4v) is 13.0. The maximum atomic E-state index is 13.7. The van der Waals surface area contributed by atoms with Gasteiger partial charge in [0.2, 0.25) is 19.7 Å². The number of hydrogen-bond acceptors (Lipinski definition) is 14. The first-order valence-electron chi connectivity index (χ1n) is 30.0. The minimum absolute atomic E-state index is 0.0141. The van der Waals surface area contributed by atoms with Crippen molar-refractivity contribution in [3.63, 3.8) is 0 Å². The van der Waals surface area contributed by atoms with E-state index in [0.29, 0.717) is 52.0 Å². The second-order valence-electron chi connectivity index (χ2n) is 26.7. The van der Waals surface area contributed by atoms with Crippen LogP contribution in [-0.2, 0) is 25.1 Å². The van der Waals surface area contributed by atoms with Crippen molar-refractivity contribution in [3.8, 4) is 46.0 Å². The van der Waals surface area contributed by atoms with Crippen molar-refractivity contribution >= 4 is 31.0 Å². The van der Waals surface area contributed by atoms with Crippen LogP contribution in [0.15, 0.2) is 214 Å². The fraction of sp³-hybridized carbons (Fsp3) is 0.333. The molecule has 88 heavy (non-hydrogen) atoms. The summed E-state index contributed by atoms with van der Waals surface area (Å²) in [5, 5.41) is 0. The van der Waals surface area contributed by atoms with Crippen molar-refractivity contribution in [1.82, 2.24) is 19.6 Å². The largest absolute Gasteiger partial charge is 0.457 e. The highest BCUT2D eigenvalue weighted by Gasteiger charge is 2.36. The number of ether oxygens (including phenoxy) is 4. The van der Waals surface area contributed by atoms with Gasteiger partial charge in [-0.05, 0) is 257 Å². The highest BCUT2D eigenvalue weighted by molar-refractivity contribution is 7.91. The molecule has 8 aromatic rings. The SMILES string of the molecule is CC(C)N1CN(c2ccc(Oc3ccc(S(=O)(=O)c4ccc(Oc5ccc(C(C)(C)c6ccc(Oc7ccc(S(=O)(=O)c8ccc(Oc9ccc(N%10CN(C(C)(C)C)CN(C(C)(C)C)C%10)cc9)cc8)cc7)cc6)cc5)cc4)cc3)cc2)CN(C(C)(C)C)C1. The third kappa shape index (κ3) is 14.7. The van der Waals surface area contributed by atoms with E-state index in [2.05, 4.69) is 144 Å². The second kappa shape index (κ2) is 25.1. The number of anilines is 2. The molecular weight excluding hydrogens is 1140 g/mol. The van der Waals surface area contributed by atoms with Crippen LogP contribution in [0.1, 0.15) is 101 Å². The van der Waals surface area contributed by atoms with Crippen LogP contribution < -0.4 is 28.7 Å². The summed E-state index contributed by atoms with van der Waals surface area (Å²) in [6.07, 6.45) is 0. The van der Waals surface area contributed by atoms with Crippen molar-refractivity contribution in [2.45, 2.75) is 138 Å². The summed E-state index contributed by atoms with van der Waals surface area (Å²) in [6.45, 7) is 34.1. The molecule has 0 bridgehead atoms. The first-order chi connectivity index (χ1) is 41.5. The zero-order valence-electron chi connectivity index (χ0n) is 53.1. The quantitative estimate of drug-likeness (QED) is 0.0859. The summed E-state index contributed by atoms with van der Waals surface area (Å²) in [6, 6.07) is 58.0. The molecule has 2 heterocycles. The Bertz CT molecular complexity index is 3860. The predicted molar refractivity (Wildman–Crippen MR) is 351 cm³/mol. The molecular formula is C72H84N6O8S2. The van der Waals surface area contributed by atoms with Crippen LogP contribution in [0.2, 0.25) is 0 Å². The van der Waals surface area contributed by atoms with Gasteiger partial charge in [0, 0.05) is 39.4 Å². The summed E-state index contributed by atoms with van der Waals surface area (Å²) >= 11 is 0. The molecule has 14 nitrogen and oxygen atoms in total. The third-order valence-corrected chi connectivity index (χ3v) is 20.3. The lowest BCUT2D eigenvalue weighted by Crippen LogP contribution is -2.63. The van der Waals surface area contributed by atoms with Crippen molar-refractivity contribution < 1.29 is 35.8 Å². The zero-order valence-corrected chi connectivity index (χ0v) is 54.7. The smallest absolute Gasteiger partial charge is 0.206 e. The number of sulfone groups is 2. The Labute approximate surface area is 522 Å². The van der Waals surface area contributed by atoms with Gasteiger partial charge in [0.15, 0.2) is 0 Å². The molecule has 0 spiro atoms. The summed E-state index contributed by atoms with van der Waals surface area (Å²) in [7, 11) is -7.64. The highest BCUT2D eigenvalue weighted by atomic mass is 32.2. The Kier molecular flexibility index (Phi) is 18.0. The molecule has 0 amide bonds. The van der Waals surface area contributed by atoms with Gasteiger partial charge >= 0.3 is 0 Å². The maximum Gasteiger partial charge on any atom is 0.206 e. The molecule has 10 rings (SSSR count). The van der Waals surface area contributed by atoms with Crippen LogP contribution in [0, 0.1) is 0 Å². The van der Waals surface area contributed by atoms with Crippen molar-refractivity contribution in [3.05, 3.63) is 205 Å². The lowest BCUT2D eigenvalue weighted by Gasteiger charge is -2.52. The van der Waals surface area contributed by atoms with Crippen LogP contribution in [0.5, 0.6) is 46.0 Å². The van der Waals surface area contributed by atoms with Crippen molar-refractivity contribution in [2.75, 3.05) is 49.8 Å². The Balaban J connectivity index is 0.692. The average Bonchev–Trinajstić information content (AvgIpc) is 2.41. The van der Waals surface area contributed by atoms with Gasteiger partial charge in [-0.15, -0.1) is 0 Å². The van der Waals surface area contributed by atoms with E-state index in [1.165, 1.54) is 0 Å². The zero-order chi connectivity index (χ0) is 63.0. The molecule has 462 valence electrons. The van der Waals surface area contributed by atoms with Crippen molar-refractivity contribution in [2.24, 2.45) is 0 Å². The van der Waals surface area contributed by atoms with Gasteiger partial charge in [-0.2, -0.15) is 0 Å². The second-order valence-corrected chi connectivity index (χ2v) is 30.6. The first kappa shape index (κ1) is 63.3. The standard InChI is InChI=1S/C72H84N6O8S2/c1-52(2)73-46-74(48-76(47-73)69(3,4)5)55-18-26-59(27-19-55)85-63-34-42-67(43-35-63)87(79,80)65-38-30-61(31-39-65)83-57-22-14-53(15-23-57)72(12,13)54-16-24-58(25-17-54)84-62-32-40-66(41-33-62)88(81,82)68-44-36-64(37-45-68)86-60-28-20-56(21-29-60)75-49-77(70(6,7)8)51-78(50-75)71(9,10)11/h14-45,52H,46-51H2,1-13H3. The monoisotopic (exact) mass is 1220 g/mol. The van der Waals surface area contributed by atoms with Gasteiger partial charge in [0.05, 0.1) is 59.6 Å². The molecule has 0 unspecified atom stereocenters. The lowest BCUT2D eigenvalue weighted by atomic mass is 9.78. The molecule has 0 radical (unpaired) electrons. The van der Waals surface area contributed by atoms with Crippen LogP contribution in [0.3, 0.4) is 0 Å². The fourth-order valence-electron chi connectivity index (χ4n) is 10.5. The molecule has 2 aliphatic heterocycles. The highest BCUT2D eigenvalue weighted by Crippen LogP contribution is 2.38. The van der Waals surface area contributed by atoms with Crippen LogP contribution in [-0.4, -0.2) is 99.1 Å². The van der Waals surface area contributed by atoms with E-state index < -0.39 is 19.7 Å². The Morgan fingerprint density at radius 2 is 0.534 bits per heavy atom. The predicted octanol–water partition coefficient (Wildman–Crippen LogP) is 16.2. The van der Waals surface area contributed by atoms with Crippen LogP contribution in [0.25, 0.3) is 0 Å². The number of rotatable bonds is 17. The van der Waals surface area contributed by atoms with Gasteiger partial charge in [0.25, 0.3) is 0 Å². The summed E-state index contributed by atoms with van der Waals surface area (Å²) in [4.78, 5) is 15.2. The molecule has 2 fully saturated rings. The average molecular weight is 1230 g/mol. The molecule has 0 N–H and O–H groups in total. The van der Waals surface area contributed by atoms with Gasteiger partial charge < -0.3 is 28.7 Å². The number of nitrogens with zero attached hydrogens (tertiary/aromatic N) is 6. The minimum Gasteiger partial charge on any atom is -0.457 e. The van der Waals surface area contributed by atoms with E-state index in [1.54, 1.807) is 97.1 Å². The van der Waals surface area contributed by atoms with E-state index in [-0.39, 0.29) is 41.6 Å². The lowest BCUT2D eigenvalue weighted by molar-refractivity contribution is -0.0204. The third-order valence-electron chi connectivity index (χ3n) is 16.7. The van der Waals surface area contributed by atoms with Crippen LogP contribution >= 0.6 is 0 Å². The molecule has 0 atom stereocenters. The molecule has 0 aromatic heterocycles. The van der Waals surface area contributed by atoms with E-state index in [1.807, 2.05) is 72.8 Å². The molecule has 8 aromatic carbocycles. The summed E-state index contributed by atoms with van der Waals surface area (Å²) in [5.74, 6) is 4.60. The number of hydrogen-bond donors (Lipinski definition) is 0. The van der Waals surface area contributed by atoms with E-state index in [9.17, 15) is 16.8 Å². The van der Waals surface area contributed by atoms with Crippen molar-refractivity contribution in [1.29, 1.82) is 0 Å². The van der Waals surface area contributed by atoms with E-state index in [0.717, 1.165) is 62.5 Å². The van der Waals surface area contributed by atoms with Gasteiger partial charge in [-0.1, -0.05) is 38.1 Å². The molecule has 2 saturated heterocycles. The van der Waals surface area contributed by atoms with Gasteiger partial charge in [0.1, 0.15) is 46.0 Å². The molecule has 0 aliphatic carbocycles. The minimum atomic E-state index is -3.82. The van der Waals surface area contributed by atoms with E-state index in [4.69, 9.17) is 18.9 Å². The van der Waals surface area contributed by atoms with E-state index >= 15 is 0 Å². The Hall–Kier alpha value is -7.70. The normalized spacial score (nSPS) is 15.6. The van der Waals surface area contributed by atoms with Gasteiger partial charge in [-0.25, -0.2) is 16.8 Å². The molecule has 16 heteroatoms. The summed E-state index contributed by atoms with van der Waals surface area (Å²) < 4.78 is 79.6.